The summed E-state index contributed by atoms with van der Waals surface area (Å²) in [6.07, 6.45) is 0. The Balaban J connectivity index is 2.33. The maximum absolute atomic E-state index is 6.11. The lowest BCUT2D eigenvalue weighted by Crippen LogP contribution is -2.30. The summed E-state index contributed by atoms with van der Waals surface area (Å²) in [4.78, 5) is 0. The van der Waals surface area contributed by atoms with E-state index in [0.717, 1.165) is 23.3 Å². The molecule has 1 aromatic heterocycles. The number of likely N-dealkylation sites (N-methyl/N-ethyl adjacent to an activating group) is 1. The summed E-state index contributed by atoms with van der Waals surface area (Å²) in [6.45, 7) is 7.41. The Labute approximate surface area is 107 Å². The van der Waals surface area contributed by atoms with E-state index in [1.807, 2.05) is 18.2 Å². The monoisotopic (exact) mass is 251 g/mol. The predicted molar refractivity (Wildman–Crippen MR) is 72.8 cm³/mol. The highest BCUT2D eigenvalue weighted by Gasteiger charge is 2.18. The van der Waals surface area contributed by atoms with Crippen LogP contribution in [0.15, 0.2) is 28.7 Å². The molecular weight excluding hydrogens is 234 g/mol. The lowest BCUT2D eigenvalue weighted by Gasteiger charge is -2.18. The van der Waals surface area contributed by atoms with E-state index in [1.165, 1.54) is 0 Å². The molecule has 0 fully saturated rings. The van der Waals surface area contributed by atoms with Crippen LogP contribution in [0.2, 0.25) is 5.02 Å². The first-order valence-corrected chi connectivity index (χ1v) is 6.42. The second-order valence-corrected chi connectivity index (χ2v) is 4.85. The molecule has 2 rings (SSSR count). The number of hydrogen-bond donors (Lipinski definition) is 1. The van der Waals surface area contributed by atoms with Crippen LogP contribution in [0.3, 0.4) is 0 Å². The van der Waals surface area contributed by atoms with Crippen LogP contribution >= 0.6 is 11.6 Å². The Morgan fingerprint density at radius 2 is 2.12 bits per heavy atom. The van der Waals surface area contributed by atoms with Crippen molar-refractivity contribution in [2.75, 3.05) is 6.54 Å². The third kappa shape index (κ3) is 2.48. The van der Waals surface area contributed by atoms with E-state index in [0.29, 0.717) is 17.0 Å². The number of rotatable bonds is 4. The molecule has 0 radical (unpaired) electrons. The van der Waals surface area contributed by atoms with Gasteiger partial charge >= 0.3 is 0 Å². The van der Waals surface area contributed by atoms with Crippen LogP contribution in [-0.4, -0.2) is 12.6 Å². The van der Waals surface area contributed by atoms with Crippen molar-refractivity contribution in [3.05, 3.63) is 35.0 Å². The zero-order valence-corrected chi connectivity index (χ0v) is 11.2. The van der Waals surface area contributed by atoms with Crippen molar-refractivity contribution in [2.24, 2.45) is 0 Å². The molecule has 0 bridgehead atoms. The molecule has 1 aromatic carbocycles. The van der Waals surface area contributed by atoms with Gasteiger partial charge in [-0.25, -0.2) is 0 Å². The zero-order valence-electron chi connectivity index (χ0n) is 10.5. The van der Waals surface area contributed by atoms with E-state index >= 15 is 0 Å². The summed E-state index contributed by atoms with van der Waals surface area (Å²) in [5.74, 6) is 1.32. The first-order valence-electron chi connectivity index (χ1n) is 6.04. The molecular formula is C14H18ClNO. The molecule has 0 spiro atoms. The van der Waals surface area contributed by atoms with Gasteiger partial charge in [-0.3, -0.25) is 0 Å². The van der Waals surface area contributed by atoms with Gasteiger partial charge in [0.1, 0.15) is 5.76 Å². The Morgan fingerprint density at radius 1 is 1.35 bits per heavy atom. The van der Waals surface area contributed by atoms with Crippen LogP contribution < -0.4 is 5.32 Å². The zero-order chi connectivity index (χ0) is 12.4. The molecule has 0 saturated heterocycles. The summed E-state index contributed by atoms with van der Waals surface area (Å²) in [6, 6.07) is 8.30. The van der Waals surface area contributed by atoms with Crippen molar-refractivity contribution >= 4 is 22.6 Å². The quantitative estimate of drug-likeness (QED) is 0.882. The van der Waals surface area contributed by atoms with Crippen LogP contribution in [0.5, 0.6) is 0 Å². The normalized spacial score (nSPS) is 15.1. The first kappa shape index (κ1) is 12.5. The molecule has 2 atom stereocenters. The van der Waals surface area contributed by atoms with E-state index in [2.05, 4.69) is 32.2 Å². The van der Waals surface area contributed by atoms with Gasteiger partial charge in [0.2, 0.25) is 0 Å². The number of fused-ring (bicyclic) bond motifs is 1. The molecule has 92 valence electrons. The highest BCUT2D eigenvalue weighted by Crippen LogP contribution is 2.31. The van der Waals surface area contributed by atoms with Crippen LogP contribution in [0.25, 0.3) is 11.0 Å². The molecule has 2 aromatic rings. The molecule has 2 unspecified atom stereocenters. The Morgan fingerprint density at radius 3 is 2.76 bits per heavy atom. The Hall–Kier alpha value is -0.990. The predicted octanol–water partition coefficient (Wildman–Crippen LogP) is 4.19. The van der Waals surface area contributed by atoms with Gasteiger partial charge < -0.3 is 9.73 Å². The maximum Gasteiger partial charge on any atom is 0.152 e. The fraction of sp³-hybridized carbons (Fsp3) is 0.429. The Bertz CT molecular complexity index is 506. The summed E-state index contributed by atoms with van der Waals surface area (Å²) in [5, 5.41) is 5.16. The third-order valence-electron chi connectivity index (χ3n) is 3.24. The van der Waals surface area contributed by atoms with E-state index in [4.69, 9.17) is 16.0 Å². The van der Waals surface area contributed by atoms with E-state index in [1.54, 1.807) is 0 Å². The van der Waals surface area contributed by atoms with Gasteiger partial charge in [0.15, 0.2) is 5.58 Å². The van der Waals surface area contributed by atoms with Gasteiger partial charge in [0.25, 0.3) is 0 Å². The second kappa shape index (κ2) is 5.11. The van der Waals surface area contributed by atoms with Gasteiger partial charge in [-0.2, -0.15) is 0 Å². The van der Waals surface area contributed by atoms with Crippen LogP contribution in [-0.2, 0) is 0 Å². The summed E-state index contributed by atoms with van der Waals surface area (Å²) >= 11 is 6.11. The minimum absolute atomic E-state index is 0.332. The maximum atomic E-state index is 6.11. The topological polar surface area (TPSA) is 25.2 Å². The summed E-state index contributed by atoms with van der Waals surface area (Å²) in [5.41, 5.74) is 0.791. The summed E-state index contributed by atoms with van der Waals surface area (Å²) in [7, 11) is 0. The molecule has 17 heavy (non-hydrogen) atoms. The lowest BCUT2D eigenvalue weighted by atomic mass is 10.0. The standard InChI is InChI=1S/C14H18ClNO/c1-4-16-10(3)9(2)13-8-11-6-5-7-12(15)14(11)17-13/h5-10,16H,4H2,1-3H3. The number of halogens is 1. The molecule has 2 nitrogen and oxygen atoms in total. The average Bonchev–Trinajstić information content (AvgIpc) is 2.73. The van der Waals surface area contributed by atoms with Crippen molar-refractivity contribution < 1.29 is 4.42 Å². The van der Waals surface area contributed by atoms with Crippen LogP contribution in [0, 0.1) is 0 Å². The number of para-hydroxylation sites is 1. The lowest BCUT2D eigenvalue weighted by molar-refractivity contribution is 0.422. The largest absolute Gasteiger partial charge is 0.459 e. The van der Waals surface area contributed by atoms with Crippen molar-refractivity contribution in [2.45, 2.75) is 32.7 Å². The highest BCUT2D eigenvalue weighted by molar-refractivity contribution is 6.34. The third-order valence-corrected chi connectivity index (χ3v) is 3.54. The number of furan rings is 1. The molecule has 1 heterocycles. The van der Waals surface area contributed by atoms with Gasteiger partial charge in [0, 0.05) is 17.3 Å². The van der Waals surface area contributed by atoms with Crippen LogP contribution in [0.4, 0.5) is 0 Å². The Kier molecular flexibility index (Phi) is 3.75. The smallest absolute Gasteiger partial charge is 0.152 e. The van der Waals surface area contributed by atoms with E-state index < -0.39 is 0 Å². The minimum Gasteiger partial charge on any atom is -0.459 e. The van der Waals surface area contributed by atoms with Crippen LogP contribution in [0.1, 0.15) is 32.4 Å². The van der Waals surface area contributed by atoms with Crippen molar-refractivity contribution in [1.82, 2.24) is 5.32 Å². The molecule has 3 heteroatoms. The fourth-order valence-corrected chi connectivity index (χ4v) is 2.24. The van der Waals surface area contributed by atoms with Gasteiger partial charge in [-0.05, 0) is 25.6 Å². The molecule has 1 N–H and O–H groups in total. The highest BCUT2D eigenvalue weighted by atomic mass is 35.5. The molecule has 0 amide bonds. The van der Waals surface area contributed by atoms with E-state index in [-0.39, 0.29) is 0 Å². The van der Waals surface area contributed by atoms with Crippen molar-refractivity contribution in [1.29, 1.82) is 0 Å². The average molecular weight is 252 g/mol. The SMILES string of the molecule is CCNC(C)C(C)c1cc2cccc(Cl)c2o1. The molecule has 0 aliphatic rings. The van der Waals surface area contributed by atoms with Gasteiger partial charge in [-0.1, -0.05) is 37.6 Å². The molecule has 0 aliphatic carbocycles. The molecule has 0 saturated carbocycles. The summed E-state index contributed by atoms with van der Waals surface area (Å²) < 4.78 is 5.86. The second-order valence-electron chi connectivity index (χ2n) is 4.44. The van der Waals surface area contributed by atoms with E-state index in [9.17, 15) is 0 Å². The number of benzene rings is 1. The first-order chi connectivity index (χ1) is 8.13. The fourth-order valence-electron chi connectivity index (χ4n) is 2.02. The van der Waals surface area contributed by atoms with Gasteiger partial charge in [0.05, 0.1) is 5.02 Å². The molecule has 0 aliphatic heterocycles. The van der Waals surface area contributed by atoms with Crippen molar-refractivity contribution in [3.63, 3.8) is 0 Å². The van der Waals surface area contributed by atoms with Gasteiger partial charge in [-0.15, -0.1) is 0 Å². The minimum atomic E-state index is 0.332. The number of hydrogen-bond acceptors (Lipinski definition) is 2. The number of nitrogens with one attached hydrogen (secondary N) is 1. The van der Waals surface area contributed by atoms with Crippen molar-refractivity contribution in [3.8, 4) is 0 Å².